The summed E-state index contributed by atoms with van der Waals surface area (Å²) >= 11 is 0. The standard InChI is InChI=1S/C19H31N3O3S.C2HF3O2/c1-5-26(24,25)20-18-8-6-17(7-9-18)19(23)21(4)13-16-10-11-22(14-16)12-15(2)3;3-2(4,5)1(6)7/h6-9,15-16,20H,5,10-14H2,1-4H3;(H,6,7). The number of likely N-dealkylation sites (tertiary alicyclic amines) is 1. The topological polar surface area (TPSA) is 107 Å². The van der Waals surface area contributed by atoms with Gasteiger partial charge in [0.1, 0.15) is 0 Å². The third-order valence-electron chi connectivity index (χ3n) is 4.90. The van der Waals surface area contributed by atoms with Crippen LogP contribution in [0.2, 0.25) is 0 Å². The van der Waals surface area contributed by atoms with Gasteiger partial charge in [0.2, 0.25) is 10.0 Å². The van der Waals surface area contributed by atoms with Gasteiger partial charge < -0.3 is 14.9 Å². The molecule has 1 fully saturated rings. The molecule has 188 valence electrons. The van der Waals surface area contributed by atoms with Crippen LogP contribution in [0.3, 0.4) is 0 Å². The number of carbonyl (C=O) groups is 2. The normalized spacial score (nSPS) is 16.8. The summed E-state index contributed by atoms with van der Waals surface area (Å²) in [6, 6.07) is 6.61. The minimum atomic E-state index is -5.08. The fourth-order valence-corrected chi connectivity index (χ4v) is 4.01. The Balaban J connectivity index is 0.000000675. The number of hydrogen-bond donors (Lipinski definition) is 2. The van der Waals surface area contributed by atoms with E-state index in [0.29, 0.717) is 23.1 Å². The summed E-state index contributed by atoms with van der Waals surface area (Å²) in [4.78, 5) is 25.8. The number of sulfonamides is 1. The number of nitrogens with zero attached hydrogens (tertiary/aromatic N) is 2. The van der Waals surface area contributed by atoms with Gasteiger partial charge >= 0.3 is 12.1 Å². The monoisotopic (exact) mass is 495 g/mol. The first-order valence-corrected chi connectivity index (χ1v) is 12.2. The molecule has 1 aliphatic rings. The quantitative estimate of drug-likeness (QED) is 0.574. The third kappa shape index (κ3) is 10.4. The lowest BCUT2D eigenvalue weighted by Crippen LogP contribution is -2.33. The van der Waals surface area contributed by atoms with Crippen molar-refractivity contribution in [2.24, 2.45) is 11.8 Å². The Morgan fingerprint density at radius 2 is 1.79 bits per heavy atom. The zero-order valence-corrected chi connectivity index (χ0v) is 20.0. The summed E-state index contributed by atoms with van der Waals surface area (Å²) in [6.07, 6.45) is -3.96. The van der Waals surface area contributed by atoms with Crippen molar-refractivity contribution in [2.45, 2.75) is 33.4 Å². The Morgan fingerprint density at radius 3 is 2.24 bits per heavy atom. The summed E-state index contributed by atoms with van der Waals surface area (Å²) in [7, 11) is -1.47. The van der Waals surface area contributed by atoms with E-state index < -0.39 is 22.2 Å². The number of alkyl halides is 3. The average Bonchev–Trinajstić information content (AvgIpc) is 3.13. The average molecular weight is 496 g/mol. The minimum Gasteiger partial charge on any atom is -0.475 e. The van der Waals surface area contributed by atoms with E-state index in [4.69, 9.17) is 9.90 Å². The van der Waals surface area contributed by atoms with Crippen molar-refractivity contribution in [3.63, 3.8) is 0 Å². The molecule has 0 aromatic heterocycles. The number of benzene rings is 1. The van der Waals surface area contributed by atoms with E-state index in [1.165, 1.54) is 0 Å². The maximum atomic E-state index is 12.6. The molecule has 33 heavy (non-hydrogen) atoms. The molecule has 8 nitrogen and oxygen atoms in total. The minimum absolute atomic E-state index is 0.0195. The van der Waals surface area contributed by atoms with Crippen molar-refractivity contribution in [1.82, 2.24) is 9.80 Å². The number of carbonyl (C=O) groups excluding carboxylic acids is 1. The molecule has 2 rings (SSSR count). The number of nitrogens with one attached hydrogen (secondary N) is 1. The number of hydrogen-bond acceptors (Lipinski definition) is 5. The molecule has 12 heteroatoms. The number of carboxylic acids is 1. The summed E-state index contributed by atoms with van der Waals surface area (Å²) in [5.74, 6) is -1.59. The maximum absolute atomic E-state index is 12.6. The fraction of sp³-hybridized carbons (Fsp3) is 0.619. The van der Waals surface area contributed by atoms with E-state index in [1.807, 2.05) is 7.05 Å². The van der Waals surface area contributed by atoms with Gasteiger partial charge in [-0.25, -0.2) is 13.2 Å². The predicted molar refractivity (Wildman–Crippen MR) is 120 cm³/mol. The first-order chi connectivity index (χ1) is 15.1. The molecule has 1 aromatic rings. The summed E-state index contributed by atoms with van der Waals surface area (Å²) in [5.41, 5.74) is 1.05. The van der Waals surface area contributed by atoms with E-state index in [0.717, 1.165) is 32.6 Å². The van der Waals surface area contributed by atoms with Gasteiger partial charge in [-0.3, -0.25) is 9.52 Å². The highest BCUT2D eigenvalue weighted by atomic mass is 32.2. The van der Waals surface area contributed by atoms with Crippen LogP contribution in [-0.2, 0) is 14.8 Å². The van der Waals surface area contributed by atoms with E-state index in [1.54, 1.807) is 36.1 Å². The largest absolute Gasteiger partial charge is 0.490 e. The van der Waals surface area contributed by atoms with E-state index in [-0.39, 0.29) is 11.7 Å². The molecular weight excluding hydrogens is 463 g/mol. The maximum Gasteiger partial charge on any atom is 0.490 e. The summed E-state index contributed by atoms with van der Waals surface area (Å²) < 4.78 is 57.4. The van der Waals surface area contributed by atoms with Gasteiger partial charge in [0, 0.05) is 37.9 Å². The molecule has 1 aliphatic heterocycles. The Bertz CT molecular complexity index is 889. The molecular formula is C21H32F3N3O5S. The number of anilines is 1. The van der Waals surface area contributed by atoms with Crippen LogP contribution in [0.4, 0.5) is 18.9 Å². The van der Waals surface area contributed by atoms with E-state index >= 15 is 0 Å². The lowest BCUT2D eigenvalue weighted by atomic mass is 10.1. The van der Waals surface area contributed by atoms with Crippen molar-refractivity contribution >= 4 is 27.6 Å². The van der Waals surface area contributed by atoms with Crippen LogP contribution in [-0.4, -0.2) is 80.4 Å². The molecule has 1 aromatic carbocycles. The molecule has 1 heterocycles. The lowest BCUT2D eigenvalue weighted by Gasteiger charge is -2.22. The second kappa shape index (κ2) is 12.2. The lowest BCUT2D eigenvalue weighted by molar-refractivity contribution is -0.192. The summed E-state index contributed by atoms with van der Waals surface area (Å²) in [5, 5.41) is 7.12. The Hall–Kier alpha value is -2.34. The van der Waals surface area contributed by atoms with Gasteiger partial charge in [-0.2, -0.15) is 13.2 Å². The molecule has 0 spiro atoms. The first-order valence-electron chi connectivity index (χ1n) is 10.5. The molecule has 1 atom stereocenters. The van der Waals surface area contributed by atoms with Gasteiger partial charge in [-0.05, 0) is 56.0 Å². The SMILES string of the molecule is CCS(=O)(=O)Nc1ccc(C(=O)N(C)CC2CCN(CC(C)C)C2)cc1.O=C(O)C(F)(F)F. The van der Waals surface area contributed by atoms with Gasteiger partial charge in [0.05, 0.1) is 5.75 Å². The van der Waals surface area contributed by atoms with Crippen molar-refractivity contribution in [1.29, 1.82) is 0 Å². The Labute approximate surface area is 192 Å². The van der Waals surface area contributed by atoms with Crippen molar-refractivity contribution in [2.75, 3.05) is 43.7 Å². The zero-order chi connectivity index (χ0) is 25.4. The molecule has 2 N–H and O–H groups in total. The number of carboxylic acid groups (broad SMARTS) is 1. The Kier molecular flexibility index (Phi) is 10.6. The molecule has 1 saturated heterocycles. The highest BCUT2D eigenvalue weighted by Gasteiger charge is 2.38. The predicted octanol–water partition coefficient (Wildman–Crippen LogP) is 3.13. The van der Waals surface area contributed by atoms with Crippen LogP contribution in [0, 0.1) is 11.8 Å². The van der Waals surface area contributed by atoms with Gasteiger partial charge in [0.15, 0.2) is 0 Å². The summed E-state index contributed by atoms with van der Waals surface area (Å²) in [6.45, 7) is 10.1. The first kappa shape index (κ1) is 28.7. The van der Waals surface area contributed by atoms with Crippen LogP contribution in [0.5, 0.6) is 0 Å². The van der Waals surface area contributed by atoms with E-state index in [2.05, 4.69) is 23.5 Å². The number of halogens is 3. The van der Waals surface area contributed by atoms with Crippen molar-refractivity contribution < 1.29 is 36.3 Å². The highest BCUT2D eigenvalue weighted by Crippen LogP contribution is 2.20. The molecule has 0 aliphatic carbocycles. The molecule has 0 radical (unpaired) electrons. The molecule has 1 amide bonds. The van der Waals surface area contributed by atoms with Crippen molar-refractivity contribution in [3.8, 4) is 0 Å². The number of aliphatic carboxylic acids is 1. The second-order valence-electron chi connectivity index (χ2n) is 8.38. The van der Waals surface area contributed by atoms with Gasteiger partial charge in [-0.15, -0.1) is 0 Å². The second-order valence-corrected chi connectivity index (χ2v) is 10.4. The zero-order valence-electron chi connectivity index (χ0n) is 19.2. The van der Waals surface area contributed by atoms with Crippen LogP contribution in [0.1, 0.15) is 37.6 Å². The number of rotatable bonds is 8. The van der Waals surface area contributed by atoms with Crippen LogP contribution >= 0.6 is 0 Å². The smallest absolute Gasteiger partial charge is 0.475 e. The van der Waals surface area contributed by atoms with Crippen LogP contribution < -0.4 is 4.72 Å². The van der Waals surface area contributed by atoms with Gasteiger partial charge in [0.25, 0.3) is 5.91 Å². The van der Waals surface area contributed by atoms with Crippen LogP contribution in [0.25, 0.3) is 0 Å². The van der Waals surface area contributed by atoms with Crippen molar-refractivity contribution in [3.05, 3.63) is 29.8 Å². The fourth-order valence-electron chi connectivity index (χ4n) is 3.37. The Morgan fingerprint density at radius 1 is 1.24 bits per heavy atom. The number of amides is 1. The highest BCUT2D eigenvalue weighted by molar-refractivity contribution is 7.92. The molecule has 1 unspecified atom stereocenters. The van der Waals surface area contributed by atoms with Crippen LogP contribution in [0.15, 0.2) is 24.3 Å². The molecule has 0 saturated carbocycles. The van der Waals surface area contributed by atoms with E-state index in [9.17, 15) is 26.4 Å². The van der Waals surface area contributed by atoms with Gasteiger partial charge in [-0.1, -0.05) is 13.8 Å². The third-order valence-corrected chi connectivity index (χ3v) is 6.21. The molecule has 0 bridgehead atoms.